The summed E-state index contributed by atoms with van der Waals surface area (Å²) in [7, 11) is 0.706. The van der Waals surface area contributed by atoms with Crippen molar-refractivity contribution in [3.8, 4) is 0 Å². The highest BCUT2D eigenvalue weighted by atomic mass is 35.7. The van der Waals surface area contributed by atoms with Crippen LogP contribution in [0.1, 0.15) is 10.4 Å². The maximum absolute atomic E-state index is 13.9. The van der Waals surface area contributed by atoms with Crippen LogP contribution >= 0.6 is 22.3 Å². The second-order valence-electron chi connectivity index (χ2n) is 3.77. The van der Waals surface area contributed by atoms with Crippen LogP contribution in [0.25, 0.3) is 0 Å². The molecule has 0 saturated carbocycles. The van der Waals surface area contributed by atoms with Gasteiger partial charge in [0.15, 0.2) is 5.82 Å². The molecule has 0 spiro atoms. The molecule has 1 aromatic carbocycles. The number of carbonyl (C=O) groups is 1. The second kappa shape index (κ2) is 5.24. The third kappa shape index (κ3) is 3.17. The van der Waals surface area contributed by atoms with E-state index in [2.05, 4.69) is 0 Å². The Balaban J connectivity index is 2.39. The van der Waals surface area contributed by atoms with E-state index in [1.54, 1.807) is 0 Å². The Morgan fingerprint density at radius 2 is 2.05 bits per heavy atom. The molecule has 1 heterocycles. The standard InChI is InChI=1S/C10H7Cl2FO5S/c11-5-1-7(10(14)18-6-3-17-4-6)9(13)8(2-5)19(12,15)16/h1-2,6H,3-4H2. The largest absolute Gasteiger partial charge is 0.454 e. The first-order valence-electron chi connectivity index (χ1n) is 5.01. The molecule has 19 heavy (non-hydrogen) atoms. The van der Waals surface area contributed by atoms with E-state index in [1.165, 1.54) is 0 Å². The molecule has 1 aliphatic rings. The van der Waals surface area contributed by atoms with Crippen LogP contribution in [-0.4, -0.2) is 33.7 Å². The Bertz CT molecular complexity index is 627. The second-order valence-corrected chi connectivity index (χ2v) is 6.74. The maximum atomic E-state index is 13.9. The van der Waals surface area contributed by atoms with E-state index < -0.39 is 37.4 Å². The molecule has 0 aliphatic carbocycles. The number of halogens is 3. The first kappa shape index (κ1) is 14.5. The van der Waals surface area contributed by atoms with Crippen LogP contribution in [0.3, 0.4) is 0 Å². The Morgan fingerprint density at radius 1 is 1.42 bits per heavy atom. The fraction of sp³-hybridized carbons (Fsp3) is 0.300. The van der Waals surface area contributed by atoms with Gasteiger partial charge in [0, 0.05) is 15.7 Å². The van der Waals surface area contributed by atoms with E-state index >= 15 is 0 Å². The number of hydrogen-bond donors (Lipinski definition) is 0. The van der Waals surface area contributed by atoms with Gasteiger partial charge < -0.3 is 9.47 Å². The summed E-state index contributed by atoms with van der Waals surface area (Å²) in [5, 5.41) is -0.141. The van der Waals surface area contributed by atoms with Gasteiger partial charge in [-0.15, -0.1) is 0 Å². The quantitative estimate of drug-likeness (QED) is 0.626. The van der Waals surface area contributed by atoms with Crippen LogP contribution in [-0.2, 0) is 18.5 Å². The summed E-state index contributed by atoms with van der Waals surface area (Å²) in [6.07, 6.45) is -0.470. The van der Waals surface area contributed by atoms with Gasteiger partial charge in [0.05, 0.1) is 18.8 Å². The summed E-state index contributed by atoms with van der Waals surface area (Å²) in [5.74, 6) is -2.31. The van der Waals surface area contributed by atoms with E-state index in [1.807, 2.05) is 0 Å². The van der Waals surface area contributed by atoms with E-state index in [9.17, 15) is 17.6 Å². The molecule has 0 unspecified atom stereocenters. The number of rotatable bonds is 3. The van der Waals surface area contributed by atoms with Crippen LogP contribution in [0.5, 0.6) is 0 Å². The van der Waals surface area contributed by atoms with E-state index in [4.69, 9.17) is 31.8 Å². The van der Waals surface area contributed by atoms with Crippen LogP contribution in [0.2, 0.25) is 5.02 Å². The number of ether oxygens (including phenoxy) is 2. The summed E-state index contributed by atoms with van der Waals surface area (Å²) < 4.78 is 45.9. The Hall–Kier alpha value is -0.890. The molecular formula is C10H7Cl2FO5S. The molecule has 0 bridgehead atoms. The zero-order valence-electron chi connectivity index (χ0n) is 9.23. The lowest BCUT2D eigenvalue weighted by atomic mass is 10.2. The number of benzene rings is 1. The van der Waals surface area contributed by atoms with Crippen molar-refractivity contribution in [1.29, 1.82) is 0 Å². The summed E-state index contributed by atoms with van der Waals surface area (Å²) in [5.41, 5.74) is -0.585. The molecule has 1 saturated heterocycles. The van der Waals surface area contributed by atoms with Crippen molar-refractivity contribution in [1.82, 2.24) is 0 Å². The molecule has 1 aliphatic heterocycles. The van der Waals surface area contributed by atoms with Crippen LogP contribution < -0.4 is 0 Å². The molecule has 1 fully saturated rings. The van der Waals surface area contributed by atoms with Gasteiger partial charge in [0.2, 0.25) is 0 Å². The minimum absolute atomic E-state index is 0.141. The molecule has 0 atom stereocenters. The highest BCUT2D eigenvalue weighted by Gasteiger charge is 2.28. The van der Waals surface area contributed by atoms with Crippen molar-refractivity contribution in [2.75, 3.05) is 13.2 Å². The highest BCUT2D eigenvalue weighted by molar-refractivity contribution is 8.13. The van der Waals surface area contributed by atoms with Crippen molar-refractivity contribution in [2.24, 2.45) is 0 Å². The fourth-order valence-corrected chi connectivity index (χ4v) is 2.60. The van der Waals surface area contributed by atoms with Crippen LogP contribution in [0.15, 0.2) is 17.0 Å². The lowest BCUT2D eigenvalue weighted by Crippen LogP contribution is -2.38. The van der Waals surface area contributed by atoms with Gasteiger partial charge in [0.1, 0.15) is 11.0 Å². The van der Waals surface area contributed by atoms with Crippen molar-refractivity contribution in [3.05, 3.63) is 28.5 Å². The Morgan fingerprint density at radius 3 is 2.53 bits per heavy atom. The van der Waals surface area contributed by atoms with Crippen LogP contribution in [0.4, 0.5) is 4.39 Å². The average Bonchev–Trinajstić information content (AvgIpc) is 2.24. The first-order valence-corrected chi connectivity index (χ1v) is 7.70. The molecule has 0 aromatic heterocycles. The minimum atomic E-state index is -4.35. The fourth-order valence-electron chi connectivity index (χ4n) is 1.39. The minimum Gasteiger partial charge on any atom is -0.454 e. The molecule has 0 N–H and O–H groups in total. The lowest BCUT2D eigenvalue weighted by Gasteiger charge is -2.25. The third-order valence-electron chi connectivity index (χ3n) is 2.37. The molecule has 2 rings (SSSR count). The smallest absolute Gasteiger partial charge is 0.341 e. The van der Waals surface area contributed by atoms with Crippen molar-refractivity contribution in [2.45, 2.75) is 11.0 Å². The summed E-state index contributed by atoms with van der Waals surface area (Å²) in [6, 6.07) is 1.80. The normalized spacial score (nSPS) is 15.9. The van der Waals surface area contributed by atoms with Crippen molar-refractivity contribution < 1.29 is 27.1 Å². The van der Waals surface area contributed by atoms with Gasteiger partial charge in [0.25, 0.3) is 9.05 Å². The number of hydrogen-bond acceptors (Lipinski definition) is 5. The Kier molecular flexibility index (Phi) is 4.00. The molecule has 0 amide bonds. The van der Waals surface area contributed by atoms with Gasteiger partial charge in [-0.2, -0.15) is 0 Å². The first-order chi connectivity index (χ1) is 8.79. The SMILES string of the molecule is O=C(OC1COC1)c1cc(Cl)cc(S(=O)(=O)Cl)c1F. The average molecular weight is 329 g/mol. The predicted octanol–water partition coefficient (Wildman–Crippen LogP) is 1.96. The zero-order chi connectivity index (χ0) is 14.2. The maximum Gasteiger partial charge on any atom is 0.341 e. The Labute approximate surface area is 117 Å². The molecular weight excluding hydrogens is 322 g/mol. The predicted molar refractivity (Wildman–Crippen MR) is 64.5 cm³/mol. The van der Waals surface area contributed by atoms with E-state index in [-0.39, 0.29) is 18.2 Å². The van der Waals surface area contributed by atoms with Gasteiger partial charge >= 0.3 is 5.97 Å². The lowest BCUT2D eigenvalue weighted by molar-refractivity contribution is -0.103. The molecule has 9 heteroatoms. The topological polar surface area (TPSA) is 69.7 Å². The zero-order valence-corrected chi connectivity index (χ0v) is 11.6. The highest BCUT2D eigenvalue weighted by Crippen LogP contribution is 2.27. The molecule has 1 aromatic rings. The number of esters is 1. The van der Waals surface area contributed by atoms with Gasteiger partial charge in [-0.3, -0.25) is 0 Å². The molecule has 5 nitrogen and oxygen atoms in total. The monoisotopic (exact) mass is 328 g/mol. The summed E-state index contributed by atoms with van der Waals surface area (Å²) in [4.78, 5) is 10.8. The van der Waals surface area contributed by atoms with Crippen LogP contribution in [0, 0.1) is 5.82 Å². The van der Waals surface area contributed by atoms with E-state index in [0.717, 1.165) is 12.1 Å². The molecule has 104 valence electrons. The molecule has 0 radical (unpaired) electrons. The van der Waals surface area contributed by atoms with Crippen molar-refractivity contribution >= 4 is 37.3 Å². The summed E-state index contributed by atoms with van der Waals surface area (Å²) >= 11 is 5.63. The van der Waals surface area contributed by atoms with Gasteiger partial charge in [-0.25, -0.2) is 17.6 Å². The van der Waals surface area contributed by atoms with Gasteiger partial charge in [-0.1, -0.05) is 11.6 Å². The third-order valence-corrected chi connectivity index (χ3v) is 3.91. The summed E-state index contributed by atoms with van der Waals surface area (Å²) in [6.45, 7) is 0.434. The van der Waals surface area contributed by atoms with E-state index in [0.29, 0.717) is 0 Å². The van der Waals surface area contributed by atoms with Crippen molar-refractivity contribution in [3.63, 3.8) is 0 Å². The number of carbonyl (C=O) groups excluding carboxylic acids is 1. The van der Waals surface area contributed by atoms with Gasteiger partial charge in [-0.05, 0) is 12.1 Å².